The molecule has 1 unspecified atom stereocenters. The molecule has 0 spiro atoms. The molecule has 1 heterocycles. The van der Waals surface area contributed by atoms with Gasteiger partial charge in [-0.25, -0.2) is 4.98 Å². The summed E-state index contributed by atoms with van der Waals surface area (Å²) < 4.78 is 0. The van der Waals surface area contributed by atoms with Crippen LogP contribution >= 0.6 is 0 Å². The van der Waals surface area contributed by atoms with E-state index in [0.29, 0.717) is 12.1 Å². The minimum atomic E-state index is 0.382. The first-order chi connectivity index (χ1) is 7.56. The minimum Gasteiger partial charge on any atom is -0.357 e. The fourth-order valence-electron chi connectivity index (χ4n) is 1.58. The lowest BCUT2D eigenvalue weighted by molar-refractivity contribution is 0.597. The molecular formula is C13H23N3. The second-order valence-electron chi connectivity index (χ2n) is 4.43. The summed E-state index contributed by atoms with van der Waals surface area (Å²) in [5.74, 6) is 1.04. The number of rotatable bonds is 5. The third-order valence-corrected chi connectivity index (χ3v) is 2.92. The predicted molar refractivity (Wildman–Crippen MR) is 69.9 cm³/mol. The first-order valence-corrected chi connectivity index (χ1v) is 5.98. The lowest BCUT2D eigenvalue weighted by Gasteiger charge is -2.23. The maximum absolute atomic E-state index is 4.40. The number of pyridine rings is 1. The maximum atomic E-state index is 4.40. The molecule has 0 amide bonds. The van der Waals surface area contributed by atoms with Crippen LogP contribution in [0, 0.1) is 0 Å². The lowest BCUT2D eigenvalue weighted by Crippen LogP contribution is -2.27. The van der Waals surface area contributed by atoms with Crippen molar-refractivity contribution in [1.29, 1.82) is 0 Å². The molecule has 3 nitrogen and oxygen atoms in total. The molecule has 0 bridgehead atoms. The van der Waals surface area contributed by atoms with Crippen molar-refractivity contribution in [3.05, 3.63) is 23.9 Å². The van der Waals surface area contributed by atoms with Gasteiger partial charge in [0, 0.05) is 25.3 Å². The Bertz CT molecular complexity index is 323. The van der Waals surface area contributed by atoms with E-state index >= 15 is 0 Å². The van der Waals surface area contributed by atoms with Crippen LogP contribution < -0.4 is 10.2 Å². The molecule has 90 valence electrons. The summed E-state index contributed by atoms with van der Waals surface area (Å²) in [6.45, 7) is 9.62. The largest absolute Gasteiger partial charge is 0.357 e. The summed E-state index contributed by atoms with van der Waals surface area (Å²) in [6, 6.07) is 5.09. The minimum absolute atomic E-state index is 0.382. The van der Waals surface area contributed by atoms with Crippen molar-refractivity contribution in [2.24, 2.45) is 0 Å². The number of nitrogens with one attached hydrogen (secondary N) is 1. The highest BCUT2D eigenvalue weighted by Gasteiger charge is 2.09. The van der Waals surface area contributed by atoms with Gasteiger partial charge >= 0.3 is 0 Å². The molecule has 1 N–H and O–H groups in total. The van der Waals surface area contributed by atoms with Gasteiger partial charge in [0.1, 0.15) is 5.82 Å². The molecular weight excluding hydrogens is 198 g/mol. The number of nitrogens with zero attached hydrogens (tertiary/aromatic N) is 2. The van der Waals surface area contributed by atoms with E-state index in [2.05, 4.69) is 62.1 Å². The highest BCUT2D eigenvalue weighted by atomic mass is 15.2. The second kappa shape index (κ2) is 5.85. The Morgan fingerprint density at radius 3 is 2.62 bits per heavy atom. The second-order valence-corrected chi connectivity index (χ2v) is 4.43. The van der Waals surface area contributed by atoms with E-state index < -0.39 is 0 Å². The van der Waals surface area contributed by atoms with E-state index in [9.17, 15) is 0 Å². The van der Waals surface area contributed by atoms with Crippen molar-refractivity contribution in [1.82, 2.24) is 10.3 Å². The molecule has 1 atom stereocenters. The molecule has 0 aliphatic rings. The number of hydrogen-bond donors (Lipinski definition) is 1. The molecule has 0 saturated carbocycles. The smallest absolute Gasteiger partial charge is 0.128 e. The first kappa shape index (κ1) is 13.0. The third-order valence-electron chi connectivity index (χ3n) is 2.92. The molecule has 0 saturated heterocycles. The Labute approximate surface area is 98.9 Å². The predicted octanol–water partition coefficient (Wildman–Crippen LogP) is 2.60. The zero-order chi connectivity index (χ0) is 12.1. The van der Waals surface area contributed by atoms with Gasteiger partial charge in [0.15, 0.2) is 0 Å². The molecule has 0 aromatic carbocycles. The van der Waals surface area contributed by atoms with Crippen LogP contribution in [0.3, 0.4) is 0 Å². The van der Waals surface area contributed by atoms with Crippen molar-refractivity contribution in [2.75, 3.05) is 18.5 Å². The molecule has 1 rings (SSSR count). The van der Waals surface area contributed by atoms with E-state index in [1.165, 1.54) is 5.56 Å². The van der Waals surface area contributed by atoms with Crippen LogP contribution in [0.5, 0.6) is 0 Å². The monoisotopic (exact) mass is 221 g/mol. The van der Waals surface area contributed by atoms with Crippen LogP contribution in [0.2, 0.25) is 0 Å². The van der Waals surface area contributed by atoms with Crippen molar-refractivity contribution in [3.63, 3.8) is 0 Å². The van der Waals surface area contributed by atoms with Gasteiger partial charge in [-0.15, -0.1) is 0 Å². The van der Waals surface area contributed by atoms with Crippen LogP contribution in [0.1, 0.15) is 39.3 Å². The van der Waals surface area contributed by atoms with Gasteiger partial charge in [-0.1, -0.05) is 6.92 Å². The first-order valence-electron chi connectivity index (χ1n) is 5.98. The quantitative estimate of drug-likeness (QED) is 0.828. The summed E-state index contributed by atoms with van der Waals surface area (Å²) in [4.78, 5) is 6.58. The van der Waals surface area contributed by atoms with Crippen LogP contribution in [0.25, 0.3) is 0 Å². The zero-order valence-corrected chi connectivity index (χ0v) is 11.0. The van der Waals surface area contributed by atoms with Gasteiger partial charge in [-0.2, -0.15) is 0 Å². The summed E-state index contributed by atoms with van der Waals surface area (Å²) >= 11 is 0. The van der Waals surface area contributed by atoms with Crippen LogP contribution in [0.4, 0.5) is 5.82 Å². The van der Waals surface area contributed by atoms with Crippen molar-refractivity contribution < 1.29 is 0 Å². The Morgan fingerprint density at radius 2 is 2.06 bits per heavy atom. The standard InChI is InChI=1S/C13H23N3/c1-6-14-11(4)12-7-8-15-13(9-12)16(5)10(2)3/h7-11,14H,6H2,1-5H3. The molecule has 3 heteroatoms. The summed E-state index contributed by atoms with van der Waals surface area (Å²) in [5.41, 5.74) is 1.29. The number of anilines is 1. The maximum Gasteiger partial charge on any atom is 0.128 e. The van der Waals surface area contributed by atoms with Gasteiger partial charge in [-0.05, 0) is 45.0 Å². The van der Waals surface area contributed by atoms with Crippen LogP contribution in [-0.4, -0.2) is 24.6 Å². The van der Waals surface area contributed by atoms with Crippen LogP contribution in [0.15, 0.2) is 18.3 Å². The Hall–Kier alpha value is -1.09. The number of aromatic nitrogens is 1. The molecule has 0 fully saturated rings. The average Bonchev–Trinajstić information content (AvgIpc) is 2.28. The Morgan fingerprint density at radius 1 is 1.38 bits per heavy atom. The lowest BCUT2D eigenvalue weighted by atomic mass is 10.1. The zero-order valence-electron chi connectivity index (χ0n) is 11.0. The van der Waals surface area contributed by atoms with E-state index in [-0.39, 0.29) is 0 Å². The van der Waals surface area contributed by atoms with E-state index in [0.717, 1.165) is 12.4 Å². The van der Waals surface area contributed by atoms with Gasteiger partial charge in [0.25, 0.3) is 0 Å². The molecule has 0 radical (unpaired) electrons. The average molecular weight is 221 g/mol. The summed E-state index contributed by atoms with van der Waals surface area (Å²) in [5, 5.41) is 3.41. The Balaban J connectivity index is 2.86. The van der Waals surface area contributed by atoms with Gasteiger partial charge < -0.3 is 10.2 Å². The molecule has 16 heavy (non-hydrogen) atoms. The van der Waals surface area contributed by atoms with Crippen LogP contribution in [-0.2, 0) is 0 Å². The van der Waals surface area contributed by atoms with Crippen molar-refractivity contribution in [2.45, 2.75) is 39.8 Å². The van der Waals surface area contributed by atoms with E-state index in [1.54, 1.807) is 0 Å². The van der Waals surface area contributed by atoms with E-state index in [1.807, 2.05) is 6.20 Å². The molecule has 1 aromatic heterocycles. The Kier molecular flexibility index (Phi) is 4.74. The molecule has 0 aliphatic heterocycles. The van der Waals surface area contributed by atoms with Crippen molar-refractivity contribution in [3.8, 4) is 0 Å². The number of hydrogen-bond acceptors (Lipinski definition) is 3. The van der Waals surface area contributed by atoms with Gasteiger partial charge in [-0.3, -0.25) is 0 Å². The van der Waals surface area contributed by atoms with Gasteiger partial charge in [0.2, 0.25) is 0 Å². The SMILES string of the molecule is CCNC(C)c1ccnc(N(C)C(C)C)c1. The normalized spacial score (nSPS) is 12.9. The summed E-state index contributed by atoms with van der Waals surface area (Å²) in [7, 11) is 2.08. The van der Waals surface area contributed by atoms with E-state index in [4.69, 9.17) is 0 Å². The third kappa shape index (κ3) is 3.20. The van der Waals surface area contributed by atoms with Crippen molar-refractivity contribution >= 4 is 5.82 Å². The van der Waals surface area contributed by atoms with Gasteiger partial charge in [0.05, 0.1) is 0 Å². The fraction of sp³-hybridized carbons (Fsp3) is 0.615. The molecule has 1 aromatic rings. The summed E-state index contributed by atoms with van der Waals surface area (Å²) in [6.07, 6.45) is 1.89. The topological polar surface area (TPSA) is 28.2 Å². The highest BCUT2D eigenvalue weighted by molar-refractivity contribution is 5.41. The molecule has 0 aliphatic carbocycles. The fourth-order valence-corrected chi connectivity index (χ4v) is 1.58. The highest BCUT2D eigenvalue weighted by Crippen LogP contribution is 2.18.